The maximum Gasteiger partial charge on any atom is 0.230 e. The zero-order valence-corrected chi connectivity index (χ0v) is 13.1. The standard InChI is InChI=1S/C19H17N3O2/c20-11-12-1-3-14(4-2-12)22-19(23)18-16-6-5-15(24-16)17(18)13-7-9-21-10-8-13/h1-4,7-10,15-18H,5-6H2,(H,22,23). The van der Waals surface area contributed by atoms with Crippen LogP contribution in [0.3, 0.4) is 0 Å². The number of anilines is 1. The summed E-state index contributed by atoms with van der Waals surface area (Å²) in [6.45, 7) is 0. The summed E-state index contributed by atoms with van der Waals surface area (Å²) in [6, 6.07) is 12.9. The summed E-state index contributed by atoms with van der Waals surface area (Å²) in [4.78, 5) is 16.9. The molecule has 120 valence electrons. The third-order valence-corrected chi connectivity index (χ3v) is 4.95. The molecule has 0 spiro atoms. The van der Waals surface area contributed by atoms with E-state index in [1.54, 1.807) is 36.7 Å². The van der Waals surface area contributed by atoms with Gasteiger partial charge in [0.2, 0.25) is 5.91 Å². The predicted molar refractivity (Wildman–Crippen MR) is 88.1 cm³/mol. The lowest BCUT2D eigenvalue weighted by Gasteiger charge is -2.27. The van der Waals surface area contributed by atoms with Crippen molar-refractivity contribution in [3.05, 3.63) is 59.9 Å². The van der Waals surface area contributed by atoms with E-state index in [0.29, 0.717) is 11.3 Å². The largest absolute Gasteiger partial charge is 0.373 e. The third kappa shape index (κ3) is 2.55. The molecular weight excluding hydrogens is 302 g/mol. The number of ether oxygens (including phenoxy) is 1. The minimum atomic E-state index is -0.193. The van der Waals surface area contributed by atoms with Crippen molar-refractivity contribution < 1.29 is 9.53 Å². The summed E-state index contributed by atoms with van der Waals surface area (Å²) in [5, 5.41) is 11.8. The molecule has 2 saturated heterocycles. The van der Waals surface area contributed by atoms with Crippen LogP contribution in [0.1, 0.15) is 29.9 Å². The Hall–Kier alpha value is -2.71. The van der Waals surface area contributed by atoms with Crippen molar-refractivity contribution in [1.29, 1.82) is 5.26 Å². The van der Waals surface area contributed by atoms with E-state index < -0.39 is 0 Å². The second-order valence-electron chi connectivity index (χ2n) is 6.30. The molecule has 4 unspecified atom stereocenters. The summed E-state index contributed by atoms with van der Waals surface area (Å²) in [5.41, 5.74) is 2.39. The SMILES string of the molecule is N#Cc1ccc(NC(=O)C2C3CCC(O3)C2c2ccncc2)cc1. The van der Waals surface area contributed by atoms with E-state index in [1.165, 1.54) is 0 Å². The molecule has 1 N–H and O–H groups in total. The van der Waals surface area contributed by atoms with Crippen molar-refractivity contribution in [2.24, 2.45) is 5.92 Å². The highest BCUT2D eigenvalue weighted by atomic mass is 16.5. The number of rotatable bonds is 3. The van der Waals surface area contributed by atoms with Crippen molar-refractivity contribution in [3.63, 3.8) is 0 Å². The van der Waals surface area contributed by atoms with E-state index >= 15 is 0 Å². The van der Waals surface area contributed by atoms with Crippen LogP contribution in [0.25, 0.3) is 0 Å². The number of carbonyl (C=O) groups excluding carboxylic acids is 1. The van der Waals surface area contributed by atoms with E-state index in [4.69, 9.17) is 10.00 Å². The lowest BCUT2D eigenvalue weighted by molar-refractivity contribution is -0.121. The van der Waals surface area contributed by atoms with Crippen molar-refractivity contribution >= 4 is 11.6 Å². The maximum atomic E-state index is 12.9. The van der Waals surface area contributed by atoms with Gasteiger partial charge < -0.3 is 10.1 Å². The first-order valence-corrected chi connectivity index (χ1v) is 8.12. The minimum absolute atomic E-state index is 0.0197. The average Bonchev–Trinajstić information content (AvgIpc) is 3.24. The number of carbonyl (C=O) groups is 1. The van der Waals surface area contributed by atoms with Crippen LogP contribution in [0.2, 0.25) is 0 Å². The van der Waals surface area contributed by atoms with Crippen LogP contribution in [-0.4, -0.2) is 23.1 Å². The van der Waals surface area contributed by atoms with Crippen molar-refractivity contribution in [3.8, 4) is 6.07 Å². The van der Waals surface area contributed by atoms with E-state index in [2.05, 4.69) is 16.4 Å². The third-order valence-electron chi connectivity index (χ3n) is 4.95. The van der Waals surface area contributed by atoms with Gasteiger partial charge in [0.15, 0.2) is 0 Å². The number of amides is 1. The number of fused-ring (bicyclic) bond motifs is 2. The van der Waals surface area contributed by atoms with Crippen molar-refractivity contribution in [2.75, 3.05) is 5.32 Å². The molecule has 2 bridgehead atoms. The number of hydrogen-bond donors (Lipinski definition) is 1. The molecule has 4 rings (SSSR count). The first kappa shape index (κ1) is 14.9. The molecule has 0 radical (unpaired) electrons. The maximum absolute atomic E-state index is 12.9. The van der Waals surface area contributed by atoms with Gasteiger partial charge in [-0.05, 0) is 54.8 Å². The summed E-state index contributed by atoms with van der Waals surface area (Å²) >= 11 is 0. The number of nitriles is 1. The molecule has 4 atom stereocenters. The summed E-state index contributed by atoms with van der Waals surface area (Å²) in [5.74, 6) is -0.138. The Labute approximate surface area is 140 Å². The lowest BCUT2D eigenvalue weighted by Crippen LogP contribution is -2.36. The Morgan fingerprint density at radius 1 is 1.12 bits per heavy atom. The van der Waals surface area contributed by atoms with Gasteiger partial charge in [-0.1, -0.05) is 0 Å². The van der Waals surface area contributed by atoms with E-state index in [-0.39, 0.29) is 30.0 Å². The Kier molecular flexibility index (Phi) is 3.75. The first-order valence-electron chi connectivity index (χ1n) is 8.12. The monoisotopic (exact) mass is 319 g/mol. The minimum Gasteiger partial charge on any atom is -0.373 e. The highest BCUT2D eigenvalue weighted by molar-refractivity contribution is 5.94. The lowest BCUT2D eigenvalue weighted by atomic mass is 9.75. The van der Waals surface area contributed by atoms with Gasteiger partial charge in [0.25, 0.3) is 0 Å². The van der Waals surface area contributed by atoms with E-state index in [9.17, 15) is 4.79 Å². The highest BCUT2D eigenvalue weighted by Gasteiger charge is 2.52. The summed E-state index contributed by atoms with van der Waals surface area (Å²) in [6.07, 6.45) is 5.53. The molecule has 2 fully saturated rings. The molecule has 3 heterocycles. The topological polar surface area (TPSA) is 75.0 Å². The van der Waals surface area contributed by atoms with Crippen LogP contribution in [0.4, 0.5) is 5.69 Å². The first-order chi connectivity index (χ1) is 11.8. The molecule has 5 nitrogen and oxygen atoms in total. The molecular formula is C19H17N3O2. The average molecular weight is 319 g/mol. The van der Waals surface area contributed by atoms with Gasteiger partial charge in [0.05, 0.1) is 29.8 Å². The quantitative estimate of drug-likeness (QED) is 0.944. The number of aromatic nitrogens is 1. The van der Waals surface area contributed by atoms with Crippen LogP contribution in [-0.2, 0) is 9.53 Å². The molecule has 0 saturated carbocycles. The van der Waals surface area contributed by atoms with Gasteiger partial charge in [0, 0.05) is 24.0 Å². The zero-order chi connectivity index (χ0) is 16.5. The van der Waals surface area contributed by atoms with Crippen LogP contribution in [0.5, 0.6) is 0 Å². The van der Waals surface area contributed by atoms with Crippen LogP contribution < -0.4 is 5.32 Å². The normalized spacial score (nSPS) is 27.6. The second kappa shape index (κ2) is 6.06. The summed E-state index contributed by atoms with van der Waals surface area (Å²) in [7, 11) is 0. The van der Waals surface area contributed by atoms with E-state index in [0.717, 1.165) is 18.4 Å². The molecule has 2 aliphatic heterocycles. The van der Waals surface area contributed by atoms with Gasteiger partial charge in [-0.15, -0.1) is 0 Å². The number of benzene rings is 1. The predicted octanol–water partition coefficient (Wildman–Crippen LogP) is 2.85. The smallest absolute Gasteiger partial charge is 0.230 e. The van der Waals surface area contributed by atoms with Crippen molar-refractivity contribution in [1.82, 2.24) is 4.98 Å². The molecule has 1 amide bonds. The molecule has 5 heteroatoms. The number of hydrogen-bond acceptors (Lipinski definition) is 4. The molecule has 1 aromatic heterocycles. The molecule has 24 heavy (non-hydrogen) atoms. The van der Waals surface area contributed by atoms with E-state index in [1.807, 2.05) is 12.1 Å². The fourth-order valence-electron chi connectivity index (χ4n) is 3.87. The van der Waals surface area contributed by atoms with Gasteiger partial charge in [-0.3, -0.25) is 9.78 Å². The Bertz CT molecular complexity index is 783. The van der Waals surface area contributed by atoms with Crippen LogP contribution >= 0.6 is 0 Å². The van der Waals surface area contributed by atoms with Gasteiger partial charge in [-0.25, -0.2) is 0 Å². The summed E-state index contributed by atoms with van der Waals surface area (Å²) < 4.78 is 6.02. The molecule has 2 aromatic rings. The van der Waals surface area contributed by atoms with Gasteiger partial charge >= 0.3 is 0 Å². The molecule has 0 aliphatic carbocycles. The highest BCUT2D eigenvalue weighted by Crippen LogP contribution is 2.49. The number of pyridine rings is 1. The van der Waals surface area contributed by atoms with Gasteiger partial charge in [0.1, 0.15) is 0 Å². The number of nitrogens with one attached hydrogen (secondary N) is 1. The fourth-order valence-corrected chi connectivity index (χ4v) is 3.87. The second-order valence-corrected chi connectivity index (χ2v) is 6.30. The molecule has 1 aromatic carbocycles. The Morgan fingerprint density at radius 3 is 2.54 bits per heavy atom. The van der Waals surface area contributed by atoms with Crippen LogP contribution in [0, 0.1) is 17.2 Å². The Balaban J connectivity index is 1.56. The van der Waals surface area contributed by atoms with Gasteiger partial charge in [-0.2, -0.15) is 5.26 Å². The number of nitrogens with zero attached hydrogens (tertiary/aromatic N) is 2. The molecule has 2 aliphatic rings. The van der Waals surface area contributed by atoms with Crippen molar-refractivity contribution in [2.45, 2.75) is 31.0 Å². The van der Waals surface area contributed by atoms with Crippen LogP contribution in [0.15, 0.2) is 48.8 Å². The Morgan fingerprint density at radius 2 is 1.83 bits per heavy atom. The fraction of sp³-hybridized carbons (Fsp3) is 0.316. The zero-order valence-electron chi connectivity index (χ0n) is 13.1.